The molecule has 0 aromatic heterocycles. The van der Waals surface area contributed by atoms with Gasteiger partial charge in [-0.05, 0) is 124 Å². The van der Waals surface area contributed by atoms with Crippen LogP contribution in [0.3, 0.4) is 0 Å². The standard InChI is InChI=1S/C29H52N2O2/c1-20(6-5-13-31-14-16-33-17-15-31)24-9-10-25-23-8-7-21-18-22(30-4)11-12-28(21,2)26(23)19-27(32)29(24,25)3/h20-27,30,32H,5-19H2,1-4H3/t20-,21-,22+,23+,24-,25+,26+,27+,28+,29-/m1/s1. The van der Waals surface area contributed by atoms with Crippen LogP contribution in [-0.2, 0) is 4.74 Å². The third kappa shape index (κ3) is 4.23. The minimum absolute atomic E-state index is 0.101. The van der Waals surface area contributed by atoms with Crippen LogP contribution >= 0.6 is 0 Å². The molecule has 0 spiro atoms. The summed E-state index contributed by atoms with van der Waals surface area (Å²) in [5.74, 6) is 4.64. The Morgan fingerprint density at radius 1 is 1.03 bits per heavy atom. The maximum Gasteiger partial charge on any atom is 0.0602 e. The van der Waals surface area contributed by atoms with Crippen molar-refractivity contribution in [3.8, 4) is 0 Å². The minimum atomic E-state index is -0.101. The lowest BCUT2D eigenvalue weighted by Gasteiger charge is -2.62. The summed E-state index contributed by atoms with van der Waals surface area (Å²) in [4.78, 5) is 2.58. The zero-order valence-corrected chi connectivity index (χ0v) is 22.0. The third-order valence-corrected chi connectivity index (χ3v) is 12.2. The fourth-order valence-corrected chi connectivity index (χ4v) is 10.1. The summed E-state index contributed by atoms with van der Waals surface area (Å²) in [6, 6.07) is 0.715. The highest BCUT2D eigenvalue weighted by atomic mass is 16.5. The van der Waals surface area contributed by atoms with E-state index in [-0.39, 0.29) is 11.5 Å². The van der Waals surface area contributed by atoms with Crippen LogP contribution in [0.25, 0.3) is 0 Å². The van der Waals surface area contributed by atoms with E-state index in [9.17, 15) is 5.11 Å². The number of hydrogen-bond donors (Lipinski definition) is 2. The molecule has 10 atom stereocenters. The quantitative estimate of drug-likeness (QED) is 0.588. The number of fused-ring (bicyclic) bond motifs is 5. The highest BCUT2D eigenvalue weighted by Gasteiger charge is 2.63. The Morgan fingerprint density at radius 2 is 1.82 bits per heavy atom. The number of aliphatic hydroxyl groups is 1. The van der Waals surface area contributed by atoms with Gasteiger partial charge in [0.25, 0.3) is 0 Å². The normalized spacial score (nSPS) is 49.2. The van der Waals surface area contributed by atoms with E-state index in [1.165, 1.54) is 64.3 Å². The number of ether oxygens (including phenoxy) is 1. The van der Waals surface area contributed by atoms with E-state index < -0.39 is 0 Å². The van der Waals surface area contributed by atoms with E-state index in [0.717, 1.165) is 62.3 Å². The maximum atomic E-state index is 11.8. The van der Waals surface area contributed by atoms with E-state index >= 15 is 0 Å². The fourth-order valence-electron chi connectivity index (χ4n) is 10.1. The second-order valence-electron chi connectivity index (χ2n) is 13.3. The zero-order chi connectivity index (χ0) is 23.2. The van der Waals surface area contributed by atoms with Gasteiger partial charge in [0.1, 0.15) is 0 Å². The molecule has 4 saturated carbocycles. The lowest BCUT2D eigenvalue weighted by molar-refractivity contribution is -0.169. The Kier molecular flexibility index (Phi) is 7.22. The average Bonchev–Trinajstić information content (AvgIpc) is 3.19. The van der Waals surface area contributed by atoms with Crippen LogP contribution in [0.15, 0.2) is 0 Å². The number of rotatable bonds is 6. The molecule has 1 saturated heterocycles. The van der Waals surface area contributed by atoms with Crippen LogP contribution in [0.1, 0.15) is 85.0 Å². The van der Waals surface area contributed by atoms with E-state index in [2.05, 4.69) is 38.0 Å². The first-order valence-electron chi connectivity index (χ1n) is 14.5. The molecule has 0 amide bonds. The van der Waals surface area contributed by atoms with Gasteiger partial charge in [-0.3, -0.25) is 4.90 Å². The van der Waals surface area contributed by atoms with Crippen LogP contribution < -0.4 is 5.32 Å². The summed E-state index contributed by atoms with van der Waals surface area (Å²) in [7, 11) is 2.15. The van der Waals surface area contributed by atoms with Gasteiger partial charge < -0.3 is 15.2 Å². The first-order valence-corrected chi connectivity index (χ1v) is 14.5. The lowest BCUT2D eigenvalue weighted by atomic mass is 9.43. The summed E-state index contributed by atoms with van der Waals surface area (Å²) in [6.45, 7) is 12.9. The number of hydrogen-bond acceptors (Lipinski definition) is 4. The number of nitrogens with zero attached hydrogens (tertiary/aromatic N) is 1. The second-order valence-corrected chi connectivity index (χ2v) is 13.3. The molecule has 1 heterocycles. The van der Waals surface area contributed by atoms with Crippen molar-refractivity contribution < 1.29 is 9.84 Å². The van der Waals surface area contributed by atoms with Crippen molar-refractivity contribution in [2.24, 2.45) is 46.3 Å². The third-order valence-electron chi connectivity index (χ3n) is 12.2. The Labute approximate surface area is 203 Å². The molecule has 2 N–H and O–H groups in total. The van der Waals surface area contributed by atoms with Crippen molar-refractivity contribution in [2.45, 2.75) is 97.1 Å². The van der Waals surface area contributed by atoms with Gasteiger partial charge >= 0.3 is 0 Å². The largest absolute Gasteiger partial charge is 0.393 e. The van der Waals surface area contributed by atoms with Crippen molar-refractivity contribution in [3.63, 3.8) is 0 Å². The summed E-state index contributed by atoms with van der Waals surface area (Å²) in [5, 5.41) is 15.4. The molecule has 4 aliphatic carbocycles. The molecule has 5 rings (SSSR count). The second kappa shape index (κ2) is 9.71. The highest BCUT2D eigenvalue weighted by molar-refractivity contribution is 5.12. The Hall–Kier alpha value is -0.160. The molecule has 0 unspecified atom stereocenters. The first-order chi connectivity index (χ1) is 15.9. The van der Waals surface area contributed by atoms with Gasteiger partial charge in [-0.15, -0.1) is 0 Å². The summed E-state index contributed by atoms with van der Waals surface area (Å²) >= 11 is 0. The average molecular weight is 461 g/mol. The van der Waals surface area contributed by atoms with Crippen molar-refractivity contribution in [3.05, 3.63) is 0 Å². The van der Waals surface area contributed by atoms with Crippen molar-refractivity contribution in [1.29, 1.82) is 0 Å². The molecule has 5 aliphatic rings. The van der Waals surface area contributed by atoms with Crippen LogP contribution in [0.2, 0.25) is 0 Å². The molecular formula is C29H52N2O2. The first kappa shape index (κ1) is 24.5. The van der Waals surface area contributed by atoms with E-state index in [1.54, 1.807) is 0 Å². The van der Waals surface area contributed by atoms with Gasteiger partial charge in [-0.1, -0.05) is 20.8 Å². The van der Waals surface area contributed by atoms with E-state index in [0.29, 0.717) is 17.4 Å². The van der Waals surface area contributed by atoms with Gasteiger partial charge in [-0.25, -0.2) is 0 Å². The van der Waals surface area contributed by atoms with Gasteiger partial charge in [0, 0.05) is 19.1 Å². The molecule has 5 fully saturated rings. The number of nitrogens with one attached hydrogen (secondary N) is 1. The Balaban J connectivity index is 1.25. The minimum Gasteiger partial charge on any atom is -0.393 e. The molecule has 190 valence electrons. The number of morpholine rings is 1. The van der Waals surface area contributed by atoms with Gasteiger partial charge in [0.2, 0.25) is 0 Å². The summed E-state index contributed by atoms with van der Waals surface area (Å²) in [5.41, 5.74) is 0.603. The van der Waals surface area contributed by atoms with Gasteiger partial charge in [0.05, 0.1) is 19.3 Å². The maximum absolute atomic E-state index is 11.8. The highest BCUT2D eigenvalue weighted by Crippen LogP contribution is 2.68. The van der Waals surface area contributed by atoms with Crippen LogP contribution in [0.4, 0.5) is 0 Å². The Morgan fingerprint density at radius 3 is 2.58 bits per heavy atom. The SMILES string of the molecule is CN[C@H]1CC[C@@]2(C)[C@H](CC[C@@H]3[C@@H]2C[C@H](O)[C@]2(C)[C@@H]([C@H](C)CCCN4CCOCC4)CC[C@@H]32)C1. The molecular weight excluding hydrogens is 408 g/mol. The van der Waals surface area contributed by atoms with E-state index in [4.69, 9.17) is 4.74 Å². The van der Waals surface area contributed by atoms with Crippen LogP contribution in [0, 0.1) is 46.3 Å². The monoisotopic (exact) mass is 460 g/mol. The van der Waals surface area contributed by atoms with Crippen LogP contribution in [-0.4, -0.2) is 62.0 Å². The van der Waals surface area contributed by atoms with Crippen molar-refractivity contribution in [2.75, 3.05) is 39.9 Å². The molecule has 1 aliphatic heterocycles. The van der Waals surface area contributed by atoms with Crippen molar-refractivity contribution >= 4 is 0 Å². The lowest BCUT2D eigenvalue weighted by Crippen LogP contribution is -2.59. The Bertz CT molecular complexity index is 666. The topological polar surface area (TPSA) is 44.7 Å². The molecule has 33 heavy (non-hydrogen) atoms. The fraction of sp³-hybridized carbons (Fsp3) is 1.00. The van der Waals surface area contributed by atoms with Crippen molar-refractivity contribution in [1.82, 2.24) is 10.2 Å². The molecule has 4 nitrogen and oxygen atoms in total. The molecule has 0 aromatic rings. The zero-order valence-electron chi connectivity index (χ0n) is 22.0. The predicted molar refractivity (Wildman–Crippen MR) is 135 cm³/mol. The van der Waals surface area contributed by atoms with Crippen LogP contribution in [0.5, 0.6) is 0 Å². The molecule has 0 bridgehead atoms. The predicted octanol–water partition coefficient (Wildman–Crippen LogP) is 4.95. The van der Waals surface area contributed by atoms with Gasteiger partial charge in [-0.2, -0.15) is 0 Å². The number of aliphatic hydroxyl groups excluding tert-OH is 1. The summed E-state index contributed by atoms with van der Waals surface area (Å²) < 4.78 is 5.51. The molecule has 0 aromatic carbocycles. The van der Waals surface area contributed by atoms with E-state index in [1.807, 2.05) is 0 Å². The smallest absolute Gasteiger partial charge is 0.0602 e. The summed E-state index contributed by atoms with van der Waals surface area (Å²) in [6.07, 6.45) is 13.2. The van der Waals surface area contributed by atoms with Gasteiger partial charge in [0.15, 0.2) is 0 Å². The molecule has 4 heteroatoms. The molecule has 0 radical (unpaired) electrons.